The highest BCUT2D eigenvalue weighted by Gasteiger charge is 2.22. The second kappa shape index (κ2) is 6.07. The van der Waals surface area contributed by atoms with Gasteiger partial charge in [0, 0.05) is 0 Å². The van der Waals surface area contributed by atoms with Gasteiger partial charge in [0.15, 0.2) is 11.6 Å². The topological polar surface area (TPSA) is 86.5 Å². The van der Waals surface area contributed by atoms with Crippen LogP contribution in [-0.2, 0) is 14.8 Å². The van der Waals surface area contributed by atoms with Crippen molar-refractivity contribution < 1.29 is 26.7 Å². The van der Waals surface area contributed by atoms with Crippen LogP contribution in [0.3, 0.4) is 0 Å². The molecule has 0 amide bonds. The Morgan fingerprint density at radius 2 is 2.00 bits per heavy atom. The van der Waals surface area contributed by atoms with Crippen LogP contribution in [0.1, 0.15) is 30.1 Å². The zero-order valence-electron chi connectivity index (χ0n) is 10.2. The summed E-state index contributed by atoms with van der Waals surface area (Å²) >= 11 is 0. The number of hydrogen-bond acceptors (Lipinski definition) is 4. The molecule has 0 heterocycles. The molecule has 0 saturated heterocycles. The number of unbranched alkanes of at least 4 members (excludes halogenated alkanes) is 1. The van der Waals surface area contributed by atoms with Gasteiger partial charge in [-0.15, -0.1) is 0 Å². The third-order valence-corrected chi connectivity index (χ3v) is 3.17. The molecule has 1 aromatic carbocycles. The molecule has 0 aliphatic carbocycles. The minimum atomic E-state index is -4.24. The van der Waals surface area contributed by atoms with Crippen molar-refractivity contribution in [1.82, 2.24) is 0 Å². The molecule has 1 rings (SSSR count). The van der Waals surface area contributed by atoms with Crippen molar-refractivity contribution in [3.63, 3.8) is 0 Å². The van der Waals surface area contributed by atoms with Crippen LogP contribution in [0.15, 0.2) is 17.0 Å². The van der Waals surface area contributed by atoms with E-state index in [0.29, 0.717) is 18.6 Å². The third-order valence-electron chi connectivity index (χ3n) is 2.28. The van der Waals surface area contributed by atoms with E-state index in [0.717, 1.165) is 6.42 Å². The van der Waals surface area contributed by atoms with Crippen molar-refractivity contribution in [2.75, 3.05) is 6.61 Å². The van der Waals surface area contributed by atoms with Crippen LogP contribution in [0.4, 0.5) is 8.78 Å². The molecule has 1 aromatic rings. The maximum atomic E-state index is 13.4. The number of nitrogens with two attached hydrogens (primary N) is 1. The summed E-state index contributed by atoms with van der Waals surface area (Å²) in [5.41, 5.74) is -0.792. The summed E-state index contributed by atoms with van der Waals surface area (Å²) in [6.45, 7) is 1.89. The molecule has 0 radical (unpaired) electrons. The molecule has 2 N–H and O–H groups in total. The summed E-state index contributed by atoms with van der Waals surface area (Å²) in [6, 6.07) is 1.06. The molecule has 0 spiro atoms. The molecule has 0 saturated carbocycles. The highest BCUT2D eigenvalue weighted by Crippen LogP contribution is 2.19. The molecular weight excluding hydrogens is 280 g/mol. The van der Waals surface area contributed by atoms with Crippen LogP contribution in [0.25, 0.3) is 0 Å². The minimum absolute atomic E-state index is 0.0377. The van der Waals surface area contributed by atoms with Gasteiger partial charge in [-0.3, -0.25) is 0 Å². The molecular formula is C11H13F2NO4S. The second-order valence-corrected chi connectivity index (χ2v) is 5.36. The minimum Gasteiger partial charge on any atom is -0.462 e. The van der Waals surface area contributed by atoms with E-state index >= 15 is 0 Å². The summed E-state index contributed by atoms with van der Waals surface area (Å²) in [4.78, 5) is 10.8. The quantitative estimate of drug-likeness (QED) is 0.659. The van der Waals surface area contributed by atoms with Crippen molar-refractivity contribution in [1.29, 1.82) is 0 Å². The maximum absolute atomic E-state index is 13.4. The fraction of sp³-hybridized carbons (Fsp3) is 0.364. The van der Waals surface area contributed by atoms with E-state index in [1.807, 2.05) is 6.92 Å². The van der Waals surface area contributed by atoms with Gasteiger partial charge >= 0.3 is 5.97 Å². The van der Waals surface area contributed by atoms with Crippen molar-refractivity contribution in [2.24, 2.45) is 5.14 Å². The van der Waals surface area contributed by atoms with E-state index in [9.17, 15) is 22.0 Å². The zero-order valence-corrected chi connectivity index (χ0v) is 11.0. The fourth-order valence-corrected chi connectivity index (χ4v) is 1.81. The summed E-state index contributed by atoms with van der Waals surface area (Å²) in [6.07, 6.45) is 1.31. The standard InChI is InChI=1S/C11H13F2NO4S/c1-2-3-4-18-11(15)8-5-7(19(14,16)17)6-9(12)10(8)13/h5-6H,2-4H2,1H3,(H2,14,16,17). The van der Waals surface area contributed by atoms with Gasteiger partial charge in [-0.25, -0.2) is 27.1 Å². The molecule has 0 aliphatic heterocycles. The van der Waals surface area contributed by atoms with Crippen LogP contribution < -0.4 is 5.14 Å². The van der Waals surface area contributed by atoms with E-state index in [4.69, 9.17) is 9.88 Å². The van der Waals surface area contributed by atoms with Crippen molar-refractivity contribution in [3.05, 3.63) is 29.3 Å². The Morgan fingerprint density at radius 1 is 1.37 bits per heavy atom. The number of hydrogen-bond donors (Lipinski definition) is 1. The Bertz CT molecular complexity index is 587. The largest absolute Gasteiger partial charge is 0.462 e. The Balaban J connectivity index is 3.13. The summed E-state index contributed by atoms with van der Waals surface area (Å²) in [5, 5.41) is 4.80. The van der Waals surface area contributed by atoms with Crippen LogP contribution >= 0.6 is 0 Å². The van der Waals surface area contributed by atoms with Crippen molar-refractivity contribution in [2.45, 2.75) is 24.7 Å². The number of ether oxygens (including phenoxy) is 1. The van der Waals surface area contributed by atoms with Gasteiger partial charge in [0.05, 0.1) is 17.1 Å². The average Bonchev–Trinajstić information content (AvgIpc) is 2.31. The van der Waals surface area contributed by atoms with E-state index in [2.05, 4.69) is 0 Å². The molecule has 0 bridgehead atoms. The number of esters is 1. The first-order valence-electron chi connectivity index (χ1n) is 5.46. The molecule has 0 fully saturated rings. The lowest BCUT2D eigenvalue weighted by atomic mass is 10.2. The Hall–Kier alpha value is -1.54. The molecule has 8 heteroatoms. The van der Waals surface area contributed by atoms with Crippen LogP contribution in [-0.4, -0.2) is 21.0 Å². The lowest BCUT2D eigenvalue weighted by molar-refractivity contribution is 0.0493. The number of benzene rings is 1. The molecule has 0 unspecified atom stereocenters. The van der Waals surface area contributed by atoms with Crippen molar-refractivity contribution >= 4 is 16.0 Å². The highest BCUT2D eigenvalue weighted by molar-refractivity contribution is 7.89. The van der Waals surface area contributed by atoms with Gasteiger partial charge in [-0.2, -0.15) is 0 Å². The number of rotatable bonds is 5. The predicted octanol–water partition coefficient (Wildman–Crippen LogP) is 1.57. The van der Waals surface area contributed by atoms with E-state index in [-0.39, 0.29) is 6.61 Å². The van der Waals surface area contributed by atoms with Gasteiger partial charge in [0.25, 0.3) is 0 Å². The third kappa shape index (κ3) is 3.97. The monoisotopic (exact) mass is 293 g/mol. The fourth-order valence-electron chi connectivity index (χ4n) is 1.26. The molecule has 106 valence electrons. The normalized spacial score (nSPS) is 11.4. The second-order valence-electron chi connectivity index (χ2n) is 3.80. The molecule has 0 aliphatic rings. The van der Waals surface area contributed by atoms with E-state index in [1.165, 1.54) is 0 Å². The number of carbonyl (C=O) groups is 1. The number of primary sulfonamides is 1. The maximum Gasteiger partial charge on any atom is 0.341 e. The van der Waals surface area contributed by atoms with E-state index in [1.54, 1.807) is 0 Å². The van der Waals surface area contributed by atoms with Gasteiger partial charge in [-0.05, 0) is 18.6 Å². The van der Waals surface area contributed by atoms with Crippen LogP contribution in [0.2, 0.25) is 0 Å². The molecule has 5 nitrogen and oxygen atoms in total. The SMILES string of the molecule is CCCCOC(=O)c1cc(S(N)(=O)=O)cc(F)c1F. The van der Waals surface area contributed by atoms with Crippen LogP contribution in [0, 0.1) is 11.6 Å². The zero-order chi connectivity index (χ0) is 14.6. The predicted molar refractivity (Wildman–Crippen MR) is 62.9 cm³/mol. The first kappa shape index (κ1) is 15.5. The Morgan fingerprint density at radius 3 is 2.53 bits per heavy atom. The summed E-state index contributed by atoms with van der Waals surface area (Å²) in [5.74, 6) is -4.07. The highest BCUT2D eigenvalue weighted by atomic mass is 32.2. The lowest BCUT2D eigenvalue weighted by Gasteiger charge is -2.07. The Kier molecular flexibility index (Phi) is 4.96. The number of sulfonamides is 1. The molecule has 0 atom stereocenters. The molecule has 19 heavy (non-hydrogen) atoms. The number of halogens is 2. The number of carbonyl (C=O) groups excluding carboxylic acids is 1. The van der Waals surface area contributed by atoms with Gasteiger partial charge in [0.1, 0.15) is 0 Å². The van der Waals surface area contributed by atoms with Crippen molar-refractivity contribution in [3.8, 4) is 0 Å². The van der Waals surface area contributed by atoms with Gasteiger partial charge in [-0.1, -0.05) is 13.3 Å². The average molecular weight is 293 g/mol. The van der Waals surface area contributed by atoms with Gasteiger partial charge in [0.2, 0.25) is 10.0 Å². The van der Waals surface area contributed by atoms with E-state index < -0.39 is 38.1 Å². The van der Waals surface area contributed by atoms with Crippen LogP contribution in [0.5, 0.6) is 0 Å². The summed E-state index contributed by atoms with van der Waals surface area (Å²) in [7, 11) is -4.24. The smallest absolute Gasteiger partial charge is 0.341 e. The first-order valence-corrected chi connectivity index (χ1v) is 7.01. The molecule has 0 aromatic heterocycles. The lowest BCUT2D eigenvalue weighted by Crippen LogP contribution is -2.16. The van der Waals surface area contributed by atoms with Gasteiger partial charge < -0.3 is 4.74 Å². The summed E-state index contributed by atoms with van der Waals surface area (Å²) < 4.78 is 53.5. The first-order chi connectivity index (χ1) is 8.77. The Labute approximate surface area is 109 Å².